The van der Waals surface area contributed by atoms with Gasteiger partial charge in [0.25, 0.3) is 0 Å². The molecule has 31 nitrogen and oxygen atoms in total. The molecule has 0 spiro atoms. The maximum absolute atomic E-state index is 11.9. The number of esters is 2. The molecule has 0 saturated carbocycles. The Labute approximate surface area is 485 Å². The average Bonchev–Trinajstić information content (AvgIpc) is 1.62. The summed E-state index contributed by atoms with van der Waals surface area (Å²) in [4.78, 5) is 45.1. The molecule has 0 amide bonds. The van der Waals surface area contributed by atoms with Crippen molar-refractivity contribution < 1.29 is 77.4 Å². The van der Waals surface area contributed by atoms with E-state index in [9.17, 15) is 45.5 Å². The van der Waals surface area contributed by atoms with Crippen LogP contribution in [0.2, 0.25) is 0 Å². The number of nitrogens with zero attached hydrogens (tertiary/aromatic N) is 12. The minimum absolute atomic E-state index is 0.0541. The lowest BCUT2D eigenvalue weighted by molar-refractivity contribution is -0.207. The third-order valence-corrected chi connectivity index (χ3v) is 14.4. The van der Waals surface area contributed by atoms with Crippen molar-refractivity contribution in [3.8, 4) is 18.2 Å². The number of ether oxygens (including phenoxy) is 9. The summed E-state index contributed by atoms with van der Waals surface area (Å²) < 4.78 is 56.4. The lowest BCUT2D eigenvalue weighted by Crippen LogP contribution is -2.41. The molecule has 10 N–H and O–H groups in total. The molecule has 11 rings (SSSR count). The van der Waals surface area contributed by atoms with Gasteiger partial charge in [0.2, 0.25) is 16.8 Å². The largest absolute Gasteiger partial charge is 0.481 e. The van der Waals surface area contributed by atoms with Crippen LogP contribution in [0.3, 0.4) is 0 Å². The Hall–Kier alpha value is -8.26. The van der Waals surface area contributed by atoms with Gasteiger partial charge >= 0.3 is 17.9 Å². The van der Waals surface area contributed by atoms with E-state index in [-0.39, 0.29) is 60.9 Å². The lowest BCUT2D eigenvalue weighted by atomic mass is 9.92. The van der Waals surface area contributed by atoms with Gasteiger partial charge in [-0.1, -0.05) is 41.5 Å². The number of nitriles is 3. The topological polar surface area (TPSA) is 455 Å². The van der Waals surface area contributed by atoms with E-state index in [0.29, 0.717) is 33.8 Å². The molecule has 0 aliphatic carbocycles. The molecule has 0 unspecified atom stereocenters. The molecule has 454 valence electrons. The summed E-state index contributed by atoms with van der Waals surface area (Å²) in [5, 5.41) is 80.8. The number of hydrogen-bond acceptors (Lipinski definition) is 27. The monoisotopic (exact) mass is 1180 g/mol. The van der Waals surface area contributed by atoms with Crippen molar-refractivity contribution in [3.63, 3.8) is 0 Å². The molecule has 0 bridgehead atoms. The van der Waals surface area contributed by atoms with E-state index >= 15 is 0 Å². The number of aromatic nitrogens is 9. The Morgan fingerprint density at radius 2 is 0.906 bits per heavy atom. The fraction of sp³-hybridized carbons (Fsp3) is 0.556. The zero-order chi connectivity index (χ0) is 62.3. The molecule has 5 aliphatic rings. The predicted molar refractivity (Wildman–Crippen MR) is 290 cm³/mol. The van der Waals surface area contributed by atoms with Crippen LogP contribution >= 0.6 is 0 Å². The second-order valence-corrected chi connectivity index (χ2v) is 22.2. The van der Waals surface area contributed by atoms with Gasteiger partial charge in [-0.3, -0.25) is 14.4 Å². The molecule has 31 heteroatoms. The summed E-state index contributed by atoms with van der Waals surface area (Å²) >= 11 is 0. The number of fused-ring (bicyclic) bond motifs is 5. The number of aliphatic hydroxyl groups excluding tert-OH is 3. The number of carboxylic acids is 1. The standard InChI is InChI=1S/C19H23N5O5.C16H19N5O5.C15H17N5O4.C4H8O2/c1-10(2)17(25)26-7-12-14-15(29-18(3,4)28-14)19(8-20,27-12)13-6-5-11-16(21)22-9-23-24(11)13;1-8(2)15(24)25-5-10-12(22)13(23)16(6-17,26-10)11-4-3-9-14(18)19-7-20-21(9)11;1-14(2)23-11-9(5-21)22-15(6-16,12(11)24-14)10-4-3-8-13(17)18-7-19-20(8)10;1-3(2)4(5)6/h5-6,9-10,12,14-15H,7H2,1-4H3,(H2,21,22,23);3-4,7-8,10,12-13,22-23H,5H2,1-2H3,(H2,18,19,20);3-4,7,9,11-12,21H,5H2,1-2H3,(H2,17,18,19);3H,1-2H3,(H,5,6)/t12-,14-,15-,19+;10-,12-,13-,16+;9-,11-,12-,15+;/m111./s1. The van der Waals surface area contributed by atoms with Crippen molar-refractivity contribution in [3.05, 3.63) is 72.5 Å². The Morgan fingerprint density at radius 3 is 1.26 bits per heavy atom. The van der Waals surface area contributed by atoms with Crippen molar-refractivity contribution in [2.45, 2.75) is 153 Å². The molecule has 5 saturated heterocycles. The van der Waals surface area contributed by atoms with Gasteiger partial charge in [0.05, 0.1) is 41.4 Å². The number of carbonyl (C=O) groups is 3. The molecule has 5 fully saturated rings. The van der Waals surface area contributed by atoms with E-state index in [0.717, 1.165) is 0 Å². The summed E-state index contributed by atoms with van der Waals surface area (Å²) in [7, 11) is 0. The van der Waals surface area contributed by atoms with E-state index in [1.165, 1.54) is 38.6 Å². The van der Waals surface area contributed by atoms with Gasteiger partial charge in [0, 0.05) is 0 Å². The first-order valence-electron chi connectivity index (χ1n) is 26.8. The van der Waals surface area contributed by atoms with Gasteiger partial charge in [0.1, 0.15) is 122 Å². The third-order valence-electron chi connectivity index (χ3n) is 14.4. The molecule has 0 aromatic carbocycles. The fourth-order valence-electron chi connectivity index (χ4n) is 10.2. The summed E-state index contributed by atoms with van der Waals surface area (Å²) in [5.74, 6) is -3.48. The molecular weight excluding hydrogens is 1110 g/mol. The van der Waals surface area contributed by atoms with Crippen molar-refractivity contribution in [1.82, 2.24) is 43.8 Å². The van der Waals surface area contributed by atoms with Crippen LogP contribution in [0.25, 0.3) is 16.6 Å². The predicted octanol–water partition coefficient (Wildman–Crippen LogP) is 1.17. The highest BCUT2D eigenvalue weighted by molar-refractivity contribution is 5.72. The van der Waals surface area contributed by atoms with Gasteiger partial charge in [-0.05, 0) is 64.1 Å². The number of rotatable bonds is 11. The number of hydrogen-bond donors (Lipinski definition) is 7. The molecule has 6 aromatic heterocycles. The molecule has 0 radical (unpaired) electrons. The molecule has 12 atom stereocenters. The highest BCUT2D eigenvalue weighted by Crippen LogP contribution is 2.51. The van der Waals surface area contributed by atoms with E-state index < -0.39 is 95.3 Å². The first-order chi connectivity index (χ1) is 40.1. The molecule has 6 aromatic rings. The quantitative estimate of drug-likeness (QED) is 0.0895. The first kappa shape index (κ1) is 62.8. The van der Waals surface area contributed by atoms with Crippen molar-refractivity contribution in [2.75, 3.05) is 37.0 Å². The normalized spacial score (nSPS) is 29.4. The third kappa shape index (κ3) is 11.6. The van der Waals surface area contributed by atoms with E-state index in [1.807, 2.05) is 6.07 Å². The first-order valence-corrected chi connectivity index (χ1v) is 26.8. The van der Waals surface area contributed by atoms with Gasteiger partial charge in [-0.2, -0.15) is 31.1 Å². The second-order valence-electron chi connectivity index (χ2n) is 22.2. The Morgan fingerprint density at radius 1 is 0.565 bits per heavy atom. The van der Waals surface area contributed by atoms with Crippen LogP contribution in [-0.4, -0.2) is 168 Å². The molecular formula is C54H67N15O16. The van der Waals surface area contributed by atoms with Crippen LogP contribution in [0, 0.1) is 51.7 Å². The molecule has 11 heterocycles. The fourth-order valence-corrected chi connectivity index (χ4v) is 10.2. The highest BCUT2D eigenvalue weighted by Gasteiger charge is 2.67. The Kier molecular flexibility index (Phi) is 17.7. The summed E-state index contributed by atoms with van der Waals surface area (Å²) in [5.41, 5.74) is 15.3. The Balaban J connectivity index is 0.000000159. The summed E-state index contributed by atoms with van der Waals surface area (Å²) in [6.07, 6.45) is -4.25. The number of aliphatic hydroxyl groups is 3. The Bertz CT molecular complexity index is 3590. The van der Waals surface area contributed by atoms with Crippen LogP contribution in [0.1, 0.15) is 86.3 Å². The minimum atomic E-state index is -1.90. The molecule has 85 heavy (non-hydrogen) atoms. The van der Waals surface area contributed by atoms with Crippen molar-refractivity contribution in [2.24, 2.45) is 17.8 Å². The van der Waals surface area contributed by atoms with Gasteiger partial charge in [-0.15, -0.1) is 0 Å². The van der Waals surface area contributed by atoms with Crippen LogP contribution in [0.15, 0.2) is 55.4 Å². The minimum Gasteiger partial charge on any atom is -0.481 e. The lowest BCUT2D eigenvalue weighted by Gasteiger charge is -2.29. The van der Waals surface area contributed by atoms with E-state index in [2.05, 4.69) is 42.4 Å². The number of carbonyl (C=O) groups excluding carboxylic acids is 2. The van der Waals surface area contributed by atoms with Gasteiger partial charge in [0.15, 0.2) is 29.0 Å². The second kappa shape index (κ2) is 24.0. The van der Waals surface area contributed by atoms with Crippen LogP contribution in [0.4, 0.5) is 17.5 Å². The van der Waals surface area contributed by atoms with Crippen molar-refractivity contribution in [1.29, 1.82) is 15.8 Å². The van der Waals surface area contributed by atoms with Crippen LogP contribution in [-0.2, 0) is 73.8 Å². The number of aliphatic carboxylic acids is 1. The van der Waals surface area contributed by atoms with Gasteiger partial charge in [-0.25, -0.2) is 28.5 Å². The number of nitrogens with two attached hydrogens (primary N) is 3. The average molecular weight is 1180 g/mol. The molecule has 5 aliphatic heterocycles. The maximum atomic E-state index is 11.9. The SMILES string of the molecule is CC(C)C(=O)O.CC(C)C(=O)OC[C@H]1O[C@@](C#N)(c2ccc3c(N)ncnn23)[C@@H]2OC(C)(C)O[C@@H]21.CC(C)C(=O)OC[C@H]1O[C@@](C#N)(c2ccc3c(N)ncnn23)[C@H](O)[C@@H]1O.CC1(C)O[C@H]2[C@@H](O1)[C@](C#N)(c1ccc3c(N)ncnn13)O[C@@H]2CO. The number of carboxylic acid groups (broad SMARTS) is 1. The maximum Gasteiger partial charge on any atom is 0.308 e. The van der Waals surface area contributed by atoms with E-state index in [1.54, 1.807) is 99.6 Å². The van der Waals surface area contributed by atoms with Crippen molar-refractivity contribution >= 4 is 51.9 Å². The summed E-state index contributed by atoms with van der Waals surface area (Å²) in [6.45, 7) is 16.5. The van der Waals surface area contributed by atoms with Gasteiger partial charge < -0.3 is 80.3 Å². The van der Waals surface area contributed by atoms with Crippen LogP contribution in [0.5, 0.6) is 0 Å². The van der Waals surface area contributed by atoms with E-state index in [4.69, 9.17) is 64.9 Å². The number of nitrogen functional groups attached to an aromatic ring is 3. The zero-order valence-corrected chi connectivity index (χ0v) is 48.0. The smallest absolute Gasteiger partial charge is 0.308 e. The zero-order valence-electron chi connectivity index (χ0n) is 48.0. The summed E-state index contributed by atoms with van der Waals surface area (Å²) in [6, 6.07) is 16.3. The van der Waals surface area contributed by atoms with Crippen LogP contribution < -0.4 is 17.2 Å². The highest BCUT2D eigenvalue weighted by atomic mass is 16.8. The number of anilines is 3.